The molecule has 2 rings (SSSR count). The van der Waals surface area contributed by atoms with E-state index in [0.717, 1.165) is 41.3 Å². The van der Waals surface area contributed by atoms with Crippen LogP contribution in [0.25, 0.3) is 0 Å². The van der Waals surface area contributed by atoms with Gasteiger partial charge in [0, 0.05) is 11.1 Å². The molecule has 0 aliphatic heterocycles. The number of nitrogens with zero attached hydrogens (tertiary/aromatic N) is 2. The van der Waals surface area contributed by atoms with Gasteiger partial charge in [-0.25, -0.2) is 9.97 Å². The van der Waals surface area contributed by atoms with Crippen LogP contribution in [0, 0.1) is 13.8 Å². The van der Waals surface area contributed by atoms with Gasteiger partial charge in [-0.05, 0) is 33.3 Å². The van der Waals surface area contributed by atoms with Crippen molar-refractivity contribution in [1.29, 1.82) is 0 Å². The molecule has 2 heterocycles. The molecular formula is C15H22N4O. The van der Waals surface area contributed by atoms with Crippen LogP contribution in [0.5, 0.6) is 0 Å². The van der Waals surface area contributed by atoms with Crippen molar-refractivity contribution < 1.29 is 4.42 Å². The smallest absolute Gasteiger partial charge is 0.135 e. The van der Waals surface area contributed by atoms with E-state index < -0.39 is 0 Å². The highest BCUT2D eigenvalue weighted by Crippen LogP contribution is 2.27. The molecular weight excluding hydrogens is 252 g/mol. The summed E-state index contributed by atoms with van der Waals surface area (Å²) in [5, 5.41) is 3.42. The van der Waals surface area contributed by atoms with E-state index in [1.807, 2.05) is 13.8 Å². The lowest BCUT2D eigenvalue weighted by molar-refractivity contribution is 0.499. The number of hydrogen-bond donors (Lipinski definition) is 2. The van der Waals surface area contributed by atoms with Crippen molar-refractivity contribution in [2.75, 3.05) is 11.1 Å². The maximum absolute atomic E-state index is 5.95. The molecule has 108 valence electrons. The van der Waals surface area contributed by atoms with Crippen LogP contribution in [0.4, 0.5) is 11.6 Å². The fraction of sp³-hybridized carbons (Fsp3) is 0.467. The summed E-state index contributed by atoms with van der Waals surface area (Å²) in [5.41, 5.74) is 8.07. The van der Waals surface area contributed by atoms with Crippen LogP contribution < -0.4 is 11.1 Å². The number of furan rings is 1. The predicted molar refractivity (Wildman–Crippen MR) is 80.7 cm³/mol. The van der Waals surface area contributed by atoms with Gasteiger partial charge in [-0.1, -0.05) is 13.3 Å². The van der Waals surface area contributed by atoms with E-state index in [1.165, 1.54) is 6.33 Å². The molecule has 0 saturated heterocycles. The Balaban J connectivity index is 2.25. The van der Waals surface area contributed by atoms with Crippen molar-refractivity contribution in [3.8, 4) is 0 Å². The van der Waals surface area contributed by atoms with Crippen molar-refractivity contribution in [2.24, 2.45) is 0 Å². The van der Waals surface area contributed by atoms with Gasteiger partial charge in [-0.2, -0.15) is 0 Å². The second-order valence-electron chi connectivity index (χ2n) is 5.07. The second-order valence-corrected chi connectivity index (χ2v) is 5.07. The van der Waals surface area contributed by atoms with Crippen LogP contribution in [0.3, 0.4) is 0 Å². The van der Waals surface area contributed by atoms with Crippen LogP contribution in [-0.2, 0) is 6.42 Å². The summed E-state index contributed by atoms with van der Waals surface area (Å²) < 4.78 is 5.58. The number of nitrogen functional groups attached to an aromatic ring is 1. The zero-order valence-electron chi connectivity index (χ0n) is 12.5. The number of hydrogen-bond acceptors (Lipinski definition) is 5. The Morgan fingerprint density at radius 3 is 2.70 bits per heavy atom. The maximum atomic E-state index is 5.95. The van der Waals surface area contributed by atoms with Crippen LogP contribution in [-0.4, -0.2) is 9.97 Å². The highest BCUT2D eigenvalue weighted by molar-refractivity contribution is 5.56. The van der Waals surface area contributed by atoms with Gasteiger partial charge in [0.05, 0.1) is 6.04 Å². The van der Waals surface area contributed by atoms with E-state index in [9.17, 15) is 0 Å². The first-order valence-corrected chi connectivity index (χ1v) is 6.95. The van der Waals surface area contributed by atoms with Gasteiger partial charge in [0.25, 0.3) is 0 Å². The van der Waals surface area contributed by atoms with Gasteiger partial charge in [-0.15, -0.1) is 0 Å². The molecule has 20 heavy (non-hydrogen) atoms. The molecule has 0 aliphatic rings. The molecule has 0 aromatic carbocycles. The zero-order chi connectivity index (χ0) is 14.7. The maximum Gasteiger partial charge on any atom is 0.135 e. The number of nitrogens with one attached hydrogen (secondary N) is 1. The standard InChI is InChI=1S/C15H22N4O/c1-5-6-12-14(16)17-8-18-15(12)19-10(3)13-7-9(2)20-11(13)4/h7-8,10H,5-6H2,1-4H3,(H3,16,17,18,19). The van der Waals surface area contributed by atoms with Crippen LogP contribution in [0.15, 0.2) is 16.8 Å². The SMILES string of the molecule is CCCc1c(N)ncnc1NC(C)c1cc(C)oc1C. The molecule has 5 nitrogen and oxygen atoms in total. The normalized spacial score (nSPS) is 12.4. The molecule has 0 saturated carbocycles. The lowest BCUT2D eigenvalue weighted by atomic mass is 10.1. The van der Waals surface area contributed by atoms with Gasteiger partial charge in [0.15, 0.2) is 0 Å². The lowest BCUT2D eigenvalue weighted by Crippen LogP contribution is -2.12. The van der Waals surface area contributed by atoms with Crippen molar-refractivity contribution in [3.63, 3.8) is 0 Å². The Hall–Kier alpha value is -2.04. The molecule has 0 bridgehead atoms. The summed E-state index contributed by atoms with van der Waals surface area (Å²) in [4.78, 5) is 8.40. The van der Waals surface area contributed by atoms with Gasteiger partial charge in [0.1, 0.15) is 29.5 Å². The predicted octanol–water partition coefficient (Wildman–Crippen LogP) is 3.39. The van der Waals surface area contributed by atoms with E-state index in [2.05, 4.69) is 35.2 Å². The highest BCUT2D eigenvalue weighted by Gasteiger charge is 2.16. The first kappa shape index (κ1) is 14.4. The minimum absolute atomic E-state index is 0.109. The molecule has 0 aliphatic carbocycles. The summed E-state index contributed by atoms with van der Waals surface area (Å²) >= 11 is 0. The Bertz CT molecular complexity index is 592. The molecule has 5 heteroatoms. The Morgan fingerprint density at radius 2 is 2.10 bits per heavy atom. The van der Waals surface area contributed by atoms with E-state index in [4.69, 9.17) is 10.2 Å². The quantitative estimate of drug-likeness (QED) is 0.873. The molecule has 1 atom stereocenters. The fourth-order valence-corrected chi connectivity index (χ4v) is 2.41. The first-order valence-electron chi connectivity index (χ1n) is 6.95. The molecule has 3 N–H and O–H groups in total. The van der Waals surface area contributed by atoms with E-state index in [0.29, 0.717) is 5.82 Å². The number of nitrogens with two attached hydrogens (primary N) is 1. The average molecular weight is 274 g/mol. The van der Waals surface area contributed by atoms with Crippen molar-refractivity contribution >= 4 is 11.6 Å². The zero-order valence-corrected chi connectivity index (χ0v) is 12.5. The lowest BCUT2D eigenvalue weighted by Gasteiger charge is -2.17. The van der Waals surface area contributed by atoms with Gasteiger partial charge < -0.3 is 15.5 Å². The summed E-state index contributed by atoms with van der Waals surface area (Å²) in [5.74, 6) is 3.21. The fourth-order valence-electron chi connectivity index (χ4n) is 2.41. The molecule has 0 spiro atoms. The van der Waals surface area contributed by atoms with Crippen molar-refractivity contribution in [2.45, 2.75) is 46.6 Å². The molecule has 0 amide bonds. The third-order valence-corrected chi connectivity index (χ3v) is 3.38. The molecule has 0 radical (unpaired) electrons. The molecule has 2 aromatic rings. The summed E-state index contributed by atoms with van der Waals surface area (Å²) in [6.07, 6.45) is 3.37. The van der Waals surface area contributed by atoms with Crippen LogP contribution in [0.1, 0.15) is 49.0 Å². The van der Waals surface area contributed by atoms with Crippen LogP contribution >= 0.6 is 0 Å². The van der Waals surface area contributed by atoms with Gasteiger partial charge >= 0.3 is 0 Å². The Kier molecular flexibility index (Phi) is 4.27. The van der Waals surface area contributed by atoms with Crippen molar-refractivity contribution in [1.82, 2.24) is 9.97 Å². The summed E-state index contributed by atoms with van der Waals surface area (Å²) in [6, 6.07) is 2.16. The summed E-state index contributed by atoms with van der Waals surface area (Å²) in [6.45, 7) is 8.13. The van der Waals surface area contributed by atoms with Gasteiger partial charge in [-0.3, -0.25) is 0 Å². The first-order chi connectivity index (χ1) is 9.52. The summed E-state index contributed by atoms with van der Waals surface area (Å²) in [7, 11) is 0. The highest BCUT2D eigenvalue weighted by atomic mass is 16.3. The van der Waals surface area contributed by atoms with Crippen LogP contribution in [0.2, 0.25) is 0 Å². The van der Waals surface area contributed by atoms with E-state index in [-0.39, 0.29) is 6.04 Å². The number of aromatic nitrogens is 2. The Labute approximate surface area is 119 Å². The molecule has 0 fully saturated rings. The molecule has 1 unspecified atom stereocenters. The monoisotopic (exact) mass is 274 g/mol. The van der Waals surface area contributed by atoms with E-state index in [1.54, 1.807) is 0 Å². The minimum atomic E-state index is 0.109. The second kappa shape index (κ2) is 5.94. The number of anilines is 2. The third-order valence-electron chi connectivity index (χ3n) is 3.38. The van der Waals surface area contributed by atoms with E-state index >= 15 is 0 Å². The topological polar surface area (TPSA) is 77.0 Å². The number of rotatable bonds is 5. The Morgan fingerprint density at radius 1 is 1.35 bits per heavy atom. The molecule has 2 aromatic heterocycles. The van der Waals surface area contributed by atoms with Crippen molar-refractivity contribution in [3.05, 3.63) is 35.0 Å². The largest absolute Gasteiger partial charge is 0.466 e. The number of aryl methyl sites for hydroxylation is 2. The third kappa shape index (κ3) is 2.92. The average Bonchev–Trinajstić information content (AvgIpc) is 2.73. The minimum Gasteiger partial charge on any atom is -0.466 e. The van der Waals surface area contributed by atoms with Gasteiger partial charge in [0.2, 0.25) is 0 Å².